The van der Waals surface area contributed by atoms with Crippen LogP contribution in [0.1, 0.15) is 19.8 Å². The number of amides is 1. The molecule has 0 aliphatic heterocycles. The van der Waals surface area contributed by atoms with Crippen molar-refractivity contribution in [1.82, 2.24) is 5.32 Å². The second kappa shape index (κ2) is 6.34. The maximum absolute atomic E-state index is 10.8. The Morgan fingerprint density at radius 1 is 1.55 bits per heavy atom. The highest BCUT2D eigenvalue weighted by atomic mass is 32.2. The summed E-state index contributed by atoms with van der Waals surface area (Å²) in [6, 6.07) is 0. The first-order valence-corrected chi connectivity index (χ1v) is 5.46. The van der Waals surface area contributed by atoms with Gasteiger partial charge >= 0.3 is 0 Å². The Morgan fingerprint density at radius 2 is 2.18 bits per heavy atom. The molecule has 0 aromatic rings. The van der Waals surface area contributed by atoms with Gasteiger partial charge in [-0.3, -0.25) is 9.00 Å². The third kappa shape index (κ3) is 7.52. The minimum absolute atomic E-state index is 0.0537. The van der Waals surface area contributed by atoms with Crippen molar-refractivity contribution in [1.29, 1.82) is 0 Å². The lowest BCUT2D eigenvalue weighted by Gasteiger charge is -2.01. The van der Waals surface area contributed by atoms with Gasteiger partial charge < -0.3 is 5.32 Å². The number of hydrogen-bond acceptors (Lipinski definition) is 2. The summed E-state index contributed by atoms with van der Waals surface area (Å²) < 4.78 is 10.5. The summed E-state index contributed by atoms with van der Waals surface area (Å²) in [7, 11) is -0.801. The fourth-order valence-corrected chi connectivity index (χ4v) is 1.04. The van der Waals surface area contributed by atoms with E-state index in [1.807, 2.05) is 6.92 Å². The predicted molar refractivity (Wildman–Crippen MR) is 46.9 cm³/mol. The van der Waals surface area contributed by atoms with Gasteiger partial charge in [-0.2, -0.15) is 0 Å². The Morgan fingerprint density at radius 3 is 2.64 bits per heavy atom. The Kier molecular flexibility index (Phi) is 6.12. The van der Waals surface area contributed by atoms with Crippen LogP contribution < -0.4 is 5.32 Å². The molecule has 0 fully saturated rings. The van der Waals surface area contributed by atoms with Crippen LogP contribution in [0.4, 0.5) is 0 Å². The van der Waals surface area contributed by atoms with E-state index in [2.05, 4.69) is 5.32 Å². The van der Waals surface area contributed by atoms with E-state index in [-0.39, 0.29) is 5.91 Å². The Hall–Kier alpha value is -0.380. The van der Waals surface area contributed by atoms with Gasteiger partial charge in [-0.05, 0) is 6.42 Å². The first kappa shape index (κ1) is 10.6. The quantitative estimate of drug-likeness (QED) is 0.655. The van der Waals surface area contributed by atoms with Gasteiger partial charge in [0, 0.05) is 35.8 Å². The van der Waals surface area contributed by atoms with E-state index in [1.165, 1.54) is 0 Å². The topological polar surface area (TPSA) is 46.2 Å². The third-order valence-corrected chi connectivity index (χ3v) is 1.97. The molecule has 1 amide bonds. The highest BCUT2D eigenvalue weighted by Crippen LogP contribution is 1.84. The van der Waals surface area contributed by atoms with Crippen LogP contribution in [0.15, 0.2) is 0 Å². The summed E-state index contributed by atoms with van der Waals surface area (Å²) in [5, 5.41) is 2.68. The molecule has 66 valence electrons. The maximum Gasteiger partial charge on any atom is 0.220 e. The fraction of sp³-hybridized carbons (Fsp3) is 0.857. The van der Waals surface area contributed by atoms with Crippen LogP contribution in [0.5, 0.6) is 0 Å². The molecule has 0 spiro atoms. The molecule has 11 heavy (non-hydrogen) atoms. The van der Waals surface area contributed by atoms with Crippen LogP contribution in [0.3, 0.4) is 0 Å². The molecule has 0 unspecified atom stereocenters. The van der Waals surface area contributed by atoms with Crippen molar-refractivity contribution in [3.05, 3.63) is 0 Å². The zero-order valence-electron chi connectivity index (χ0n) is 7.05. The number of carbonyl (C=O) groups excluding carboxylic acids is 1. The van der Waals surface area contributed by atoms with Crippen molar-refractivity contribution in [3.8, 4) is 0 Å². The van der Waals surface area contributed by atoms with Crippen LogP contribution >= 0.6 is 0 Å². The van der Waals surface area contributed by atoms with Crippen LogP contribution in [-0.2, 0) is 15.6 Å². The van der Waals surface area contributed by atoms with Crippen LogP contribution in [0.25, 0.3) is 0 Å². The summed E-state index contributed by atoms with van der Waals surface area (Å²) >= 11 is 0. The van der Waals surface area contributed by atoms with Gasteiger partial charge in [-0.1, -0.05) is 6.92 Å². The summed E-state index contributed by atoms with van der Waals surface area (Å²) in [4.78, 5) is 10.8. The molecule has 0 aliphatic carbocycles. The molecule has 4 heteroatoms. The number of carbonyl (C=O) groups is 1. The van der Waals surface area contributed by atoms with Gasteiger partial charge in [0.2, 0.25) is 5.91 Å². The highest BCUT2D eigenvalue weighted by molar-refractivity contribution is 7.84. The predicted octanol–water partition coefficient (Wildman–Crippen LogP) is 0.281. The number of rotatable bonds is 5. The van der Waals surface area contributed by atoms with Crippen molar-refractivity contribution in [2.75, 3.05) is 18.6 Å². The molecule has 3 nitrogen and oxygen atoms in total. The average Bonchev–Trinajstić information content (AvgIpc) is 1.87. The highest BCUT2D eigenvalue weighted by Gasteiger charge is 1.97. The zero-order valence-corrected chi connectivity index (χ0v) is 7.87. The lowest BCUT2D eigenvalue weighted by atomic mass is 10.3. The summed E-state index contributed by atoms with van der Waals surface area (Å²) in [6.07, 6.45) is 3.06. The van der Waals surface area contributed by atoms with E-state index in [4.69, 9.17) is 0 Å². The van der Waals surface area contributed by atoms with Crippen molar-refractivity contribution < 1.29 is 9.00 Å². The second-order valence-electron chi connectivity index (χ2n) is 2.38. The molecule has 0 bridgehead atoms. The van der Waals surface area contributed by atoms with E-state index in [1.54, 1.807) is 6.26 Å². The van der Waals surface area contributed by atoms with Crippen molar-refractivity contribution in [2.24, 2.45) is 0 Å². The maximum atomic E-state index is 10.8. The third-order valence-electron chi connectivity index (χ3n) is 1.19. The molecule has 0 rings (SSSR count). The van der Waals surface area contributed by atoms with Gasteiger partial charge in [0.1, 0.15) is 0 Å². The average molecular weight is 177 g/mol. The second-order valence-corrected chi connectivity index (χ2v) is 3.93. The smallest absolute Gasteiger partial charge is 0.220 e. The van der Waals surface area contributed by atoms with Crippen LogP contribution in [0, 0.1) is 0 Å². The van der Waals surface area contributed by atoms with Gasteiger partial charge in [0.05, 0.1) is 0 Å². The molecular formula is C7H15NO2S. The van der Waals surface area contributed by atoms with Gasteiger partial charge in [-0.15, -0.1) is 0 Å². The number of nitrogens with one attached hydrogen (secondary N) is 1. The summed E-state index contributed by atoms with van der Waals surface area (Å²) in [6.45, 7) is 2.49. The Labute approximate surface area is 70.0 Å². The molecule has 0 aliphatic rings. The minimum Gasteiger partial charge on any atom is -0.355 e. The Balaban J connectivity index is 3.24. The van der Waals surface area contributed by atoms with E-state index in [0.717, 1.165) is 6.42 Å². The Bertz CT molecular complexity index is 147. The molecule has 0 saturated carbocycles. The standard InChI is InChI=1S/C7H15NO2S/c1-3-4-7(9)8-5-6-11(2)10/h3-6H2,1-2H3,(H,8,9)/t11-/m1/s1. The summed E-state index contributed by atoms with van der Waals surface area (Å²) in [5.74, 6) is 0.605. The SMILES string of the molecule is CCCC(=O)NCC[S@@](C)=O. The molecule has 0 aromatic heterocycles. The first-order chi connectivity index (χ1) is 5.16. The summed E-state index contributed by atoms with van der Waals surface area (Å²) in [5.41, 5.74) is 0. The van der Waals surface area contributed by atoms with Gasteiger partial charge in [-0.25, -0.2) is 0 Å². The fourth-order valence-electron chi connectivity index (χ4n) is 0.650. The lowest BCUT2D eigenvalue weighted by Crippen LogP contribution is -2.26. The first-order valence-electron chi connectivity index (χ1n) is 3.73. The molecule has 0 saturated heterocycles. The largest absolute Gasteiger partial charge is 0.355 e. The molecule has 0 aromatic carbocycles. The molecule has 0 heterocycles. The van der Waals surface area contributed by atoms with E-state index < -0.39 is 10.8 Å². The monoisotopic (exact) mass is 177 g/mol. The molecule has 0 radical (unpaired) electrons. The van der Waals surface area contributed by atoms with Crippen molar-refractivity contribution in [2.45, 2.75) is 19.8 Å². The van der Waals surface area contributed by atoms with Crippen LogP contribution in [-0.4, -0.2) is 28.7 Å². The molecular weight excluding hydrogens is 162 g/mol. The number of hydrogen-bond donors (Lipinski definition) is 1. The zero-order chi connectivity index (χ0) is 8.69. The molecule has 1 atom stereocenters. The van der Waals surface area contributed by atoms with E-state index in [0.29, 0.717) is 18.7 Å². The van der Waals surface area contributed by atoms with Crippen molar-refractivity contribution in [3.63, 3.8) is 0 Å². The minimum atomic E-state index is -0.801. The van der Waals surface area contributed by atoms with E-state index in [9.17, 15) is 9.00 Å². The molecule has 1 N–H and O–H groups in total. The van der Waals surface area contributed by atoms with Crippen molar-refractivity contribution >= 4 is 16.7 Å². The normalized spacial score (nSPS) is 12.5. The lowest BCUT2D eigenvalue weighted by molar-refractivity contribution is -0.120. The van der Waals surface area contributed by atoms with Crippen LogP contribution in [0.2, 0.25) is 0 Å². The van der Waals surface area contributed by atoms with Gasteiger partial charge in [0.15, 0.2) is 0 Å². The van der Waals surface area contributed by atoms with Gasteiger partial charge in [0.25, 0.3) is 0 Å². The van der Waals surface area contributed by atoms with E-state index >= 15 is 0 Å².